The van der Waals surface area contributed by atoms with Crippen LogP contribution < -0.4 is 15.4 Å². The second kappa shape index (κ2) is 9.00. The largest absolute Gasteiger partial charge is 0.573 e. The van der Waals surface area contributed by atoms with Gasteiger partial charge in [0.05, 0.1) is 11.1 Å². The van der Waals surface area contributed by atoms with Crippen molar-refractivity contribution in [2.45, 2.75) is 31.0 Å². The monoisotopic (exact) mass is 543 g/mol. The Morgan fingerprint density at radius 1 is 0.973 bits per heavy atom. The van der Waals surface area contributed by atoms with Crippen molar-refractivity contribution in [3.05, 3.63) is 53.1 Å². The third-order valence-electron chi connectivity index (χ3n) is 5.43. The van der Waals surface area contributed by atoms with Crippen molar-refractivity contribution in [3.63, 3.8) is 0 Å². The Bertz CT molecular complexity index is 1210. The van der Waals surface area contributed by atoms with Gasteiger partial charge in [-0.05, 0) is 42.0 Å². The molecule has 1 unspecified atom stereocenters. The molecule has 1 saturated heterocycles. The molecule has 1 amide bonds. The number of nitrogens with zero attached hydrogens (tertiary/aromatic N) is 1. The Labute approximate surface area is 201 Å². The summed E-state index contributed by atoms with van der Waals surface area (Å²) in [6.45, 7) is -0.343. The molecular weight excluding hydrogens is 529 g/mol. The molecule has 1 fully saturated rings. The highest BCUT2D eigenvalue weighted by atomic mass is 19.4. The fourth-order valence-electron chi connectivity index (χ4n) is 4.07. The van der Waals surface area contributed by atoms with Crippen LogP contribution in [0.5, 0.6) is 5.75 Å². The summed E-state index contributed by atoms with van der Waals surface area (Å²) in [5.41, 5.74) is -2.81. The highest BCUT2D eigenvalue weighted by Gasteiger charge is 2.52. The second-order valence-electron chi connectivity index (χ2n) is 7.90. The summed E-state index contributed by atoms with van der Waals surface area (Å²) < 4.78 is 125. The number of amides is 1. The van der Waals surface area contributed by atoms with Gasteiger partial charge in [-0.2, -0.15) is 26.3 Å². The topological polar surface area (TPSA) is 79.9 Å². The van der Waals surface area contributed by atoms with Crippen LogP contribution in [0.15, 0.2) is 36.4 Å². The van der Waals surface area contributed by atoms with Crippen molar-refractivity contribution in [1.29, 1.82) is 0 Å². The van der Waals surface area contributed by atoms with Crippen molar-refractivity contribution in [1.82, 2.24) is 10.2 Å². The Kier molecular flexibility index (Phi) is 6.42. The Balaban J connectivity index is 1.72. The van der Waals surface area contributed by atoms with E-state index in [2.05, 4.69) is 20.1 Å². The first kappa shape index (κ1) is 26.4. The number of ether oxygens (including phenoxy) is 2. The van der Waals surface area contributed by atoms with Crippen LogP contribution in [-0.4, -0.2) is 48.6 Å². The molecule has 2 N–H and O–H groups in total. The molecule has 200 valence electrons. The number of alkyl halides is 9. The van der Waals surface area contributed by atoms with Gasteiger partial charge in [-0.25, -0.2) is 4.79 Å². The van der Waals surface area contributed by atoms with Gasteiger partial charge >= 0.3 is 24.7 Å². The predicted octanol–water partition coefficient (Wildman–Crippen LogP) is 4.88. The molecule has 0 spiro atoms. The standard InChI is InChI=1S/C21H14F9N3O4/c22-19(23,24)13-8-10(32-9-1-3-11(4-2-9)37-21(28,29)30)7-12-14(13)17(34)33-6-5-31-16(15(12)33)36-18(35)20(25,26)27/h1-4,7-8,15-16,31-32H,5-6H2/t15-,16?/m1/s1. The van der Waals surface area contributed by atoms with Crippen molar-refractivity contribution in [3.8, 4) is 5.75 Å². The van der Waals surface area contributed by atoms with E-state index in [0.717, 1.165) is 35.2 Å². The molecule has 0 aliphatic carbocycles. The molecule has 7 nitrogen and oxygen atoms in total. The Morgan fingerprint density at radius 3 is 2.19 bits per heavy atom. The van der Waals surface area contributed by atoms with Gasteiger partial charge in [0.25, 0.3) is 5.91 Å². The highest BCUT2D eigenvalue weighted by molar-refractivity contribution is 6.02. The molecular formula is C21H14F9N3O4. The van der Waals surface area contributed by atoms with Crippen molar-refractivity contribution in [2.24, 2.45) is 0 Å². The van der Waals surface area contributed by atoms with Crippen molar-refractivity contribution < 1.29 is 58.6 Å². The number of carbonyl (C=O) groups excluding carboxylic acids is 2. The zero-order chi connectivity index (χ0) is 27.3. The molecule has 2 aromatic rings. The van der Waals surface area contributed by atoms with Crippen LogP contribution in [0.25, 0.3) is 0 Å². The fraction of sp³-hybridized carbons (Fsp3) is 0.333. The van der Waals surface area contributed by atoms with Gasteiger partial charge in [0.1, 0.15) is 11.8 Å². The average Bonchev–Trinajstić information content (AvgIpc) is 3.05. The van der Waals surface area contributed by atoms with Crippen LogP contribution in [-0.2, 0) is 15.7 Å². The van der Waals surface area contributed by atoms with Crippen LogP contribution in [0.2, 0.25) is 0 Å². The number of hydrogen-bond donors (Lipinski definition) is 2. The van der Waals surface area contributed by atoms with E-state index in [9.17, 15) is 49.1 Å². The van der Waals surface area contributed by atoms with E-state index in [0.29, 0.717) is 6.07 Å². The minimum atomic E-state index is -5.39. The minimum absolute atomic E-state index is 0.0330. The summed E-state index contributed by atoms with van der Waals surface area (Å²) in [7, 11) is 0. The van der Waals surface area contributed by atoms with Gasteiger partial charge < -0.3 is 19.7 Å². The molecule has 2 aliphatic heterocycles. The molecule has 4 rings (SSSR count). The summed E-state index contributed by atoms with van der Waals surface area (Å²) in [6.07, 6.45) is -17.2. The summed E-state index contributed by atoms with van der Waals surface area (Å²) in [5.74, 6) is -4.30. The summed E-state index contributed by atoms with van der Waals surface area (Å²) in [4.78, 5) is 25.1. The first-order valence-electron chi connectivity index (χ1n) is 10.2. The molecule has 2 heterocycles. The molecule has 0 saturated carbocycles. The minimum Gasteiger partial charge on any atom is -0.437 e. The Morgan fingerprint density at radius 2 is 1.62 bits per heavy atom. The number of piperazine rings is 1. The third-order valence-corrected chi connectivity index (χ3v) is 5.43. The van der Waals surface area contributed by atoms with Gasteiger partial charge in [-0.3, -0.25) is 10.1 Å². The number of hydrogen-bond acceptors (Lipinski definition) is 6. The first-order valence-corrected chi connectivity index (χ1v) is 10.2. The number of benzene rings is 2. The number of fused-ring (bicyclic) bond motifs is 3. The van der Waals surface area contributed by atoms with E-state index < -0.39 is 59.7 Å². The fourth-order valence-corrected chi connectivity index (χ4v) is 4.07. The van der Waals surface area contributed by atoms with Gasteiger partial charge in [0.15, 0.2) is 6.23 Å². The smallest absolute Gasteiger partial charge is 0.437 e. The quantitative estimate of drug-likeness (QED) is 0.423. The highest BCUT2D eigenvalue weighted by Crippen LogP contribution is 2.46. The molecule has 0 bridgehead atoms. The van der Waals surface area contributed by atoms with Gasteiger partial charge in [-0.15, -0.1) is 13.2 Å². The normalized spacial score (nSPS) is 19.8. The van der Waals surface area contributed by atoms with Crippen LogP contribution >= 0.6 is 0 Å². The van der Waals surface area contributed by atoms with Crippen LogP contribution in [0.3, 0.4) is 0 Å². The van der Waals surface area contributed by atoms with Gasteiger partial charge in [0.2, 0.25) is 0 Å². The maximum atomic E-state index is 13.9. The number of nitrogens with one attached hydrogen (secondary N) is 2. The van der Waals surface area contributed by atoms with Crippen LogP contribution in [0.1, 0.15) is 27.5 Å². The first-order chi connectivity index (χ1) is 17.0. The zero-order valence-corrected chi connectivity index (χ0v) is 18.0. The number of esters is 1. The van der Waals surface area contributed by atoms with Crippen molar-refractivity contribution >= 4 is 23.3 Å². The summed E-state index contributed by atoms with van der Waals surface area (Å²) in [5, 5.41) is 5.01. The molecule has 2 aromatic carbocycles. The lowest BCUT2D eigenvalue weighted by atomic mass is 9.96. The maximum Gasteiger partial charge on any atom is 0.573 e. The number of carbonyl (C=O) groups is 2. The van der Waals surface area contributed by atoms with Crippen molar-refractivity contribution in [2.75, 3.05) is 18.4 Å². The summed E-state index contributed by atoms with van der Waals surface area (Å²) >= 11 is 0. The second-order valence-corrected chi connectivity index (χ2v) is 7.90. The van der Waals surface area contributed by atoms with Crippen LogP contribution in [0.4, 0.5) is 50.9 Å². The maximum absolute atomic E-state index is 13.9. The zero-order valence-electron chi connectivity index (χ0n) is 18.0. The molecule has 0 aromatic heterocycles. The molecule has 2 atom stereocenters. The lowest BCUT2D eigenvalue weighted by molar-refractivity contribution is -0.274. The van der Waals surface area contributed by atoms with E-state index in [-0.39, 0.29) is 30.0 Å². The Hall–Kier alpha value is -3.69. The number of rotatable bonds is 4. The average molecular weight is 543 g/mol. The van der Waals surface area contributed by atoms with Crippen LogP contribution in [0, 0.1) is 0 Å². The van der Waals surface area contributed by atoms with E-state index >= 15 is 0 Å². The van der Waals surface area contributed by atoms with E-state index in [4.69, 9.17) is 0 Å². The number of halogens is 9. The lowest BCUT2D eigenvalue weighted by Crippen LogP contribution is -2.54. The lowest BCUT2D eigenvalue weighted by Gasteiger charge is -2.37. The van der Waals surface area contributed by atoms with E-state index in [1.165, 1.54) is 0 Å². The van der Waals surface area contributed by atoms with Gasteiger partial charge in [-0.1, -0.05) is 0 Å². The molecule has 16 heteroatoms. The van der Waals surface area contributed by atoms with E-state index in [1.807, 2.05) is 0 Å². The van der Waals surface area contributed by atoms with E-state index in [1.54, 1.807) is 0 Å². The molecule has 2 aliphatic rings. The summed E-state index contributed by atoms with van der Waals surface area (Å²) in [6, 6.07) is 4.10. The molecule has 37 heavy (non-hydrogen) atoms. The van der Waals surface area contributed by atoms with Gasteiger partial charge in [0, 0.05) is 24.5 Å². The third kappa shape index (κ3) is 5.52. The predicted molar refractivity (Wildman–Crippen MR) is 106 cm³/mol. The molecule has 0 radical (unpaired) electrons. The number of anilines is 2. The SMILES string of the molecule is O=C1c2c(cc(Nc3ccc(OC(F)(F)F)cc3)cc2C(F)(F)F)[C@@H]2C(OC(=O)C(F)(F)F)NCCN12.